The van der Waals surface area contributed by atoms with E-state index in [9.17, 15) is 15.3 Å². The number of hydrogen-bond acceptors (Lipinski definition) is 6. The monoisotopic (exact) mass is 385 g/mol. The number of aliphatic hydroxyl groups excluding tert-OH is 2. The summed E-state index contributed by atoms with van der Waals surface area (Å²) in [4.78, 5) is 4.60. The summed E-state index contributed by atoms with van der Waals surface area (Å²) in [6.45, 7) is 3.92. The Balaban J connectivity index is 1.83. The number of nitrogens with zero attached hydrogens (tertiary/aromatic N) is 2. The molecule has 1 saturated carbocycles. The maximum atomic E-state index is 11.9. The second-order valence-electron chi connectivity index (χ2n) is 9.18. The fraction of sp³-hybridized carbons (Fsp3) is 0.636. The first-order chi connectivity index (χ1) is 13.4. The van der Waals surface area contributed by atoms with E-state index in [1.165, 1.54) is 5.56 Å². The predicted molar refractivity (Wildman–Crippen MR) is 108 cm³/mol. The standard InChI is InChI=1S/C22H31N3O3/c1-3-20-7-4-9-25-10-8-21(17(20)25)15-6-5-14(12-26)11-16(15)24(2)18(21)22(28,13-23)19(20)27/h4-7,11,17-19,26-28H,3,8-10,12-13,23H2,1-2H3/t17-,18+,19+,20+,21+,22-/m0/s1. The molecule has 0 radical (unpaired) electrons. The molecule has 28 heavy (non-hydrogen) atoms. The number of nitrogens with two attached hydrogens (primary N) is 1. The lowest BCUT2D eigenvalue weighted by molar-refractivity contribution is -0.194. The summed E-state index contributed by atoms with van der Waals surface area (Å²) in [5.74, 6) is 0. The Morgan fingerprint density at radius 3 is 2.75 bits per heavy atom. The summed E-state index contributed by atoms with van der Waals surface area (Å²) in [7, 11) is 1.99. The molecule has 6 nitrogen and oxygen atoms in total. The molecule has 0 unspecified atom stereocenters. The summed E-state index contributed by atoms with van der Waals surface area (Å²) >= 11 is 0. The van der Waals surface area contributed by atoms with Crippen molar-refractivity contribution in [1.82, 2.24) is 4.90 Å². The van der Waals surface area contributed by atoms with E-state index in [1.54, 1.807) is 0 Å². The molecule has 0 bridgehead atoms. The average Bonchev–Trinajstić information content (AvgIpc) is 3.23. The zero-order valence-corrected chi connectivity index (χ0v) is 16.7. The van der Waals surface area contributed by atoms with E-state index in [0.717, 1.165) is 37.2 Å². The molecule has 3 aliphatic heterocycles. The van der Waals surface area contributed by atoms with Crippen LogP contribution in [0.25, 0.3) is 0 Å². The largest absolute Gasteiger partial charge is 0.392 e. The lowest BCUT2D eigenvalue weighted by Gasteiger charge is -2.64. The van der Waals surface area contributed by atoms with E-state index in [4.69, 9.17) is 5.73 Å². The highest BCUT2D eigenvalue weighted by atomic mass is 16.3. The minimum absolute atomic E-state index is 0.00801. The van der Waals surface area contributed by atoms with Crippen LogP contribution in [0.1, 0.15) is 30.9 Å². The molecular weight excluding hydrogens is 354 g/mol. The normalized spacial score (nSPS) is 43.8. The molecule has 5 rings (SSSR count). The number of aliphatic hydroxyl groups is 3. The van der Waals surface area contributed by atoms with Gasteiger partial charge in [0.25, 0.3) is 0 Å². The van der Waals surface area contributed by atoms with E-state index in [2.05, 4.69) is 34.9 Å². The second kappa shape index (κ2) is 5.80. The Kier molecular flexibility index (Phi) is 3.85. The number of hydrogen-bond donors (Lipinski definition) is 4. The van der Waals surface area contributed by atoms with Gasteiger partial charge in [0, 0.05) is 42.7 Å². The van der Waals surface area contributed by atoms with Crippen molar-refractivity contribution in [3.63, 3.8) is 0 Å². The Morgan fingerprint density at radius 2 is 2.07 bits per heavy atom. The van der Waals surface area contributed by atoms with Crippen LogP contribution in [0.4, 0.5) is 5.69 Å². The molecule has 4 aliphatic rings. The number of fused-ring (bicyclic) bond motifs is 1. The van der Waals surface area contributed by atoms with Crippen molar-refractivity contribution in [1.29, 1.82) is 0 Å². The molecule has 152 valence electrons. The first kappa shape index (κ1) is 18.6. The van der Waals surface area contributed by atoms with Gasteiger partial charge in [-0.2, -0.15) is 0 Å². The van der Waals surface area contributed by atoms with Crippen LogP contribution in [0.3, 0.4) is 0 Å². The van der Waals surface area contributed by atoms with Gasteiger partial charge in [-0.05, 0) is 36.6 Å². The summed E-state index contributed by atoms with van der Waals surface area (Å²) in [5, 5.41) is 33.2. The molecule has 2 fully saturated rings. The topological polar surface area (TPSA) is 93.2 Å². The summed E-state index contributed by atoms with van der Waals surface area (Å²) in [6, 6.07) is 5.97. The van der Waals surface area contributed by atoms with E-state index >= 15 is 0 Å². The molecule has 0 amide bonds. The lowest BCUT2D eigenvalue weighted by Crippen LogP contribution is -2.80. The Morgan fingerprint density at radius 1 is 1.29 bits per heavy atom. The molecular formula is C22H31N3O3. The van der Waals surface area contributed by atoms with Crippen molar-refractivity contribution in [3.05, 3.63) is 41.5 Å². The van der Waals surface area contributed by atoms with Crippen molar-refractivity contribution in [2.45, 2.75) is 55.6 Å². The summed E-state index contributed by atoms with van der Waals surface area (Å²) < 4.78 is 0. The Bertz CT molecular complexity index is 844. The van der Waals surface area contributed by atoms with E-state index < -0.39 is 17.1 Å². The van der Waals surface area contributed by atoms with Gasteiger partial charge in [-0.25, -0.2) is 0 Å². The third kappa shape index (κ3) is 1.82. The van der Waals surface area contributed by atoms with Gasteiger partial charge in [-0.3, -0.25) is 4.90 Å². The van der Waals surface area contributed by atoms with Gasteiger partial charge in [-0.1, -0.05) is 31.2 Å². The fourth-order valence-electron chi connectivity index (χ4n) is 7.36. The van der Waals surface area contributed by atoms with Gasteiger partial charge in [0.15, 0.2) is 0 Å². The highest BCUT2D eigenvalue weighted by Crippen LogP contribution is 2.66. The zero-order chi connectivity index (χ0) is 19.9. The third-order valence-corrected chi connectivity index (χ3v) is 8.34. The maximum Gasteiger partial charge on any atom is 0.125 e. The third-order valence-electron chi connectivity index (χ3n) is 8.34. The lowest BCUT2D eigenvalue weighted by atomic mass is 9.48. The van der Waals surface area contributed by atoms with Gasteiger partial charge in [0.05, 0.1) is 18.8 Å². The molecule has 3 heterocycles. The first-order valence-corrected chi connectivity index (χ1v) is 10.4. The van der Waals surface area contributed by atoms with Gasteiger partial charge < -0.3 is 26.0 Å². The van der Waals surface area contributed by atoms with Gasteiger partial charge in [0.1, 0.15) is 5.60 Å². The van der Waals surface area contributed by atoms with Crippen LogP contribution in [0.15, 0.2) is 30.4 Å². The highest BCUT2D eigenvalue weighted by molar-refractivity contribution is 5.69. The Labute approximate surface area is 166 Å². The minimum atomic E-state index is -1.42. The van der Waals surface area contributed by atoms with Crippen molar-refractivity contribution >= 4 is 5.69 Å². The van der Waals surface area contributed by atoms with Crippen molar-refractivity contribution in [2.24, 2.45) is 11.1 Å². The fourth-order valence-corrected chi connectivity index (χ4v) is 7.36. The Hall–Kier alpha value is -1.44. The van der Waals surface area contributed by atoms with Crippen molar-refractivity contribution in [2.75, 3.05) is 31.6 Å². The van der Waals surface area contributed by atoms with Crippen LogP contribution in [-0.4, -0.2) is 70.7 Å². The molecule has 6 heteroatoms. The van der Waals surface area contributed by atoms with Crippen LogP contribution >= 0.6 is 0 Å². The number of rotatable bonds is 3. The second-order valence-corrected chi connectivity index (χ2v) is 9.18. The molecule has 0 aromatic heterocycles. The van der Waals surface area contributed by atoms with Crippen LogP contribution in [0.5, 0.6) is 0 Å². The van der Waals surface area contributed by atoms with Crippen LogP contribution < -0.4 is 10.6 Å². The number of benzene rings is 1. The SMILES string of the molecule is CC[C@]12C=CCN3CC[C@@]4(c5ccc(CO)cc5N(C)[C@H]4[C@@](O)(CN)[C@@H]1O)[C@@H]32. The zero-order valence-electron chi connectivity index (χ0n) is 16.7. The summed E-state index contributed by atoms with van der Waals surface area (Å²) in [6.07, 6.45) is 5.04. The van der Waals surface area contributed by atoms with Crippen LogP contribution in [-0.2, 0) is 12.0 Å². The van der Waals surface area contributed by atoms with Crippen molar-refractivity contribution in [3.8, 4) is 0 Å². The average molecular weight is 386 g/mol. The predicted octanol–water partition coefficient (Wildman–Crippen LogP) is 0.340. The molecule has 5 N–H and O–H groups in total. The van der Waals surface area contributed by atoms with Gasteiger partial charge in [0.2, 0.25) is 0 Å². The van der Waals surface area contributed by atoms with Crippen molar-refractivity contribution < 1.29 is 15.3 Å². The molecule has 1 spiro atoms. The van der Waals surface area contributed by atoms with Gasteiger partial charge >= 0.3 is 0 Å². The molecule has 1 saturated heterocycles. The van der Waals surface area contributed by atoms with E-state index in [0.29, 0.717) is 0 Å². The van der Waals surface area contributed by atoms with Gasteiger partial charge in [-0.15, -0.1) is 0 Å². The molecule has 1 aromatic rings. The van der Waals surface area contributed by atoms with Crippen LogP contribution in [0, 0.1) is 5.41 Å². The first-order valence-electron chi connectivity index (χ1n) is 10.4. The van der Waals surface area contributed by atoms with E-state index in [-0.39, 0.29) is 30.7 Å². The molecule has 6 atom stereocenters. The molecule has 1 aliphatic carbocycles. The maximum absolute atomic E-state index is 11.9. The summed E-state index contributed by atoms with van der Waals surface area (Å²) in [5.41, 5.74) is 7.05. The van der Waals surface area contributed by atoms with E-state index in [1.807, 2.05) is 19.2 Å². The highest BCUT2D eigenvalue weighted by Gasteiger charge is 2.76. The number of anilines is 1. The quantitative estimate of drug-likeness (QED) is 0.561. The smallest absolute Gasteiger partial charge is 0.125 e. The minimum Gasteiger partial charge on any atom is -0.392 e. The van der Waals surface area contributed by atoms with Crippen LogP contribution in [0.2, 0.25) is 0 Å². The molecule has 1 aromatic carbocycles. The number of likely N-dealkylation sites (N-methyl/N-ethyl adjacent to an activating group) is 1.